The third kappa shape index (κ3) is 5.73. The minimum Gasteiger partial charge on any atom is -0.497 e. The normalized spacial score (nSPS) is 15.8. The number of halogens is 1. The maximum Gasteiger partial charge on any atom is 0.123 e. The second kappa shape index (κ2) is 9.58. The van der Waals surface area contributed by atoms with Crippen LogP contribution in [-0.2, 0) is 6.42 Å². The van der Waals surface area contributed by atoms with Gasteiger partial charge in [0.05, 0.1) is 13.7 Å². The van der Waals surface area contributed by atoms with Crippen molar-refractivity contribution in [3.8, 4) is 11.5 Å². The molecule has 0 radical (unpaired) electrons. The van der Waals surface area contributed by atoms with Crippen LogP contribution in [0.25, 0.3) is 0 Å². The fourth-order valence-electron chi connectivity index (χ4n) is 3.45. The van der Waals surface area contributed by atoms with E-state index in [1.807, 2.05) is 12.1 Å². The molecule has 1 aliphatic heterocycles. The number of benzene rings is 2. The molecule has 140 valence electrons. The predicted molar refractivity (Wildman–Crippen MR) is 102 cm³/mol. The Morgan fingerprint density at radius 1 is 0.962 bits per heavy atom. The summed E-state index contributed by atoms with van der Waals surface area (Å²) in [7, 11) is 1.70. The standard InChI is InChI=1S/C22H28FNO2/c1-25-21-6-2-18(3-7-21)10-14-24-15-11-19(12-16-24)13-17-26-22-8-4-20(23)5-9-22/h2-9,19H,10-17H2,1H3. The predicted octanol–water partition coefficient (Wildman–Crippen LogP) is 4.56. The quantitative estimate of drug-likeness (QED) is 0.691. The van der Waals surface area contributed by atoms with Crippen molar-refractivity contribution in [2.75, 3.05) is 33.4 Å². The molecule has 0 amide bonds. The summed E-state index contributed by atoms with van der Waals surface area (Å²) in [5.74, 6) is 2.17. The van der Waals surface area contributed by atoms with Crippen molar-refractivity contribution in [2.24, 2.45) is 5.92 Å². The van der Waals surface area contributed by atoms with Crippen molar-refractivity contribution in [1.82, 2.24) is 4.90 Å². The Labute approximate surface area is 155 Å². The monoisotopic (exact) mass is 357 g/mol. The maximum atomic E-state index is 12.9. The van der Waals surface area contributed by atoms with Crippen LogP contribution in [0.3, 0.4) is 0 Å². The number of ether oxygens (including phenoxy) is 2. The van der Waals surface area contributed by atoms with Crippen molar-refractivity contribution in [1.29, 1.82) is 0 Å². The molecule has 0 bridgehead atoms. The summed E-state index contributed by atoms with van der Waals surface area (Å²) < 4.78 is 23.8. The van der Waals surface area contributed by atoms with Crippen LogP contribution in [-0.4, -0.2) is 38.3 Å². The molecule has 2 aromatic rings. The highest BCUT2D eigenvalue weighted by Gasteiger charge is 2.18. The molecule has 1 heterocycles. The average Bonchev–Trinajstić information content (AvgIpc) is 2.69. The van der Waals surface area contributed by atoms with Gasteiger partial charge in [0, 0.05) is 6.54 Å². The molecule has 0 spiro atoms. The minimum atomic E-state index is -0.223. The number of methoxy groups -OCH3 is 1. The lowest BCUT2D eigenvalue weighted by Crippen LogP contribution is -2.35. The molecule has 3 nitrogen and oxygen atoms in total. The summed E-state index contributed by atoms with van der Waals surface area (Å²) in [6.07, 6.45) is 4.62. The van der Waals surface area contributed by atoms with E-state index in [0.29, 0.717) is 6.61 Å². The third-order valence-corrected chi connectivity index (χ3v) is 5.19. The number of rotatable bonds is 8. The number of nitrogens with zero attached hydrogens (tertiary/aromatic N) is 1. The molecule has 2 aromatic carbocycles. The van der Waals surface area contributed by atoms with E-state index < -0.39 is 0 Å². The minimum absolute atomic E-state index is 0.223. The molecule has 3 rings (SSSR count). The molecular formula is C22H28FNO2. The molecule has 4 heteroatoms. The Kier molecular flexibility index (Phi) is 6.89. The first kappa shape index (κ1) is 18.7. The zero-order valence-corrected chi connectivity index (χ0v) is 15.5. The molecule has 0 N–H and O–H groups in total. The summed E-state index contributed by atoms with van der Waals surface area (Å²) in [4.78, 5) is 2.56. The first-order valence-corrected chi connectivity index (χ1v) is 9.46. The van der Waals surface area contributed by atoms with Gasteiger partial charge in [-0.25, -0.2) is 4.39 Å². The molecule has 0 aromatic heterocycles. The lowest BCUT2D eigenvalue weighted by molar-refractivity contribution is 0.164. The van der Waals surface area contributed by atoms with Crippen LogP contribution in [0.4, 0.5) is 4.39 Å². The number of piperidine rings is 1. The van der Waals surface area contributed by atoms with Crippen molar-refractivity contribution in [3.05, 3.63) is 59.9 Å². The highest BCUT2D eigenvalue weighted by atomic mass is 19.1. The lowest BCUT2D eigenvalue weighted by Gasteiger charge is -2.32. The summed E-state index contributed by atoms with van der Waals surface area (Å²) in [5, 5.41) is 0. The summed E-state index contributed by atoms with van der Waals surface area (Å²) in [6.45, 7) is 4.15. The van der Waals surface area contributed by atoms with E-state index in [0.717, 1.165) is 49.9 Å². The Bertz CT molecular complexity index is 649. The largest absolute Gasteiger partial charge is 0.497 e. The van der Waals surface area contributed by atoms with Crippen LogP contribution in [0.1, 0.15) is 24.8 Å². The van der Waals surface area contributed by atoms with E-state index in [4.69, 9.17) is 9.47 Å². The molecule has 0 atom stereocenters. The number of likely N-dealkylation sites (tertiary alicyclic amines) is 1. The van der Waals surface area contributed by atoms with Gasteiger partial charge in [-0.1, -0.05) is 12.1 Å². The van der Waals surface area contributed by atoms with Gasteiger partial charge in [-0.05, 0) is 86.7 Å². The second-order valence-corrected chi connectivity index (χ2v) is 6.97. The van der Waals surface area contributed by atoms with Gasteiger partial charge in [0.1, 0.15) is 17.3 Å². The van der Waals surface area contributed by atoms with Crippen LogP contribution >= 0.6 is 0 Å². The smallest absolute Gasteiger partial charge is 0.123 e. The first-order valence-electron chi connectivity index (χ1n) is 9.46. The van der Waals surface area contributed by atoms with E-state index in [1.165, 1.54) is 30.5 Å². The van der Waals surface area contributed by atoms with Gasteiger partial charge in [0.2, 0.25) is 0 Å². The third-order valence-electron chi connectivity index (χ3n) is 5.19. The summed E-state index contributed by atoms with van der Waals surface area (Å²) in [6, 6.07) is 14.6. The van der Waals surface area contributed by atoms with Gasteiger partial charge in [-0.3, -0.25) is 0 Å². The van der Waals surface area contributed by atoms with Crippen molar-refractivity contribution >= 4 is 0 Å². The Morgan fingerprint density at radius 3 is 2.27 bits per heavy atom. The van der Waals surface area contributed by atoms with Gasteiger partial charge in [0.15, 0.2) is 0 Å². The van der Waals surface area contributed by atoms with Crippen LogP contribution in [0.5, 0.6) is 11.5 Å². The van der Waals surface area contributed by atoms with Gasteiger partial charge >= 0.3 is 0 Å². The van der Waals surface area contributed by atoms with E-state index in [1.54, 1.807) is 19.2 Å². The zero-order chi connectivity index (χ0) is 18.2. The molecule has 1 aliphatic rings. The summed E-state index contributed by atoms with van der Waals surface area (Å²) >= 11 is 0. The molecule has 1 saturated heterocycles. The lowest BCUT2D eigenvalue weighted by atomic mass is 9.93. The van der Waals surface area contributed by atoms with Crippen LogP contribution < -0.4 is 9.47 Å². The highest BCUT2D eigenvalue weighted by molar-refractivity contribution is 5.27. The van der Waals surface area contributed by atoms with Gasteiger partial charge < -0.3 is 14.4 Å². The van der Waals surface area contributed by atoms with Crippen LogP contribution in [0.2, 0.25) is 0 Å². The van der Waals surface area contributed by atoms with Crippen LogP contribution in [0.15, 0.2) is 48.5 Å². The number of hydrogen-bond donors (Lipinski definition) is 0. The molecule has 0 saturated carbocycles. The van der Waals surface area contributed by atoms with Crippen molar-refractivity contribution in [3.63, 3.8) is 0 Å². The molecule has 26 heavy (non-hydrogen) atoms. The van der Waals surface area contributed by atoms with Crippen molar-refractivity contribution < 1.29 is 13.9 Å². The number of hydrogen-bond acceptors (Lipinski definition) is 3. The van der Waals surface area contributed by atoms with Crippen molar-refractivity contribution in [2.45, 2.75) is 25.7 Å². The van der Waals surface area contributed by atoms with Gasteiger partial charge in [0.25, 0.3) is 0 Å². The second-order valence-electron chi connectivity index (χ2n) is 6.97. The molecule has 0 unspecified atom stereocenters. The average molecular weight is 357 g/mol. The first-order chi connectivity index (χ1) is 12.7. The van der Waals surface area contributed by atoms with E-state index in [2.05, 4.69) is 17.0 Å². The molecule has 1 fully saturated rings. The molecular weight excluding hydrogens is 329 g/mol. The Balaban J connectivity index is 1.31. The topological polar surface area (TPSA) is 21.7 Å². The highest BCUT2D eigenvalue weighted by Crippen LogP contribution is 2.22. The van der Waals surface area contributed by atoms with E-state index in [9.17, 15) is 4.39 Å². The Hall–Kier alpha value is -2.07. The van der Waals surface area contributed by atoms with E-state index in [-0.39, 0.29) is 5.82 Å². The fraction of sp³-hybridized carbons (Fsp3) is 0.455. The maximum absolute atomic E-state index is 12.9. The molecule has 0 aliphatic carbocycles. The SMILES string of the molecule is COc1ccc(CCN2CCC(CCOc3ccc(F)cc3)CC2)cc1. The van der Waals surface area contributed by atoms with Gasteiger partial charge in [-0.15, -0.1) is 0 Å². The van der Waals surface area contributed by atoms with E-state index >= 15 is 0 Å². The summed E-state index contributed by atoms with van der Waals surface area (Å²) in [5.41, 5.74) is 1.36. The van der Waals surface area contributed by atoms with Gasteiger partial charge in [-0.2, -0.15) is 0 Å². The zero-order valence-electron chi connectivity index (χ0n) is 15.5. The van der Waals surface area contributed by atoms with Crippen LogP contribution in [0, 0.1) is 11.7 Å². The fourth-order valence-corrected chi connectivity index (χ4v) is 3.45. The Morgan fingerprint density at radius 2 is 1.62 bits per heavy atom.